The predicted octanol–water partition coefficient (Wildman–Crippen LogP) is 3.20. The highest BCUT2D eigenvalue weighted by Crippen LogP contribution is 2.26. The number of furan rings is 1. The molecule has 7 nitrogen and oxygen atoms in total. The number of ether oxygens (including phenoxy) is 1. The second-order valence-corrected chi connectivity index (χ2v) is 6.92. The van der Waals surface area contributed by atoms with E-state index in [0.29, 0.717) is 0 Å². The van der Waals surface area contributed by atoms with Crippen molar-refractivity contribution >= 4 is 11.9 Å². The van der Waals surface area contributed by atoms with E-state index in [1.165, 1.54) is 0 Å². The van der Waals surface area contributed by atoms with E-state index in [1.807, 2.05) is 19.9 Å². The number of rotatable bonds is 4. The Balaban J connectivity index is 1.75. The Labute approximate surface area is 158 Å². The first-order valence-corrected chi connectivity index (χ1v) is 9.09. The third-order valence-corrected chi connectivity index (χ3v) is 5.03. The molecule has 2 atom stereocenters. The van der Waals surface area contributed by atoms with E-state index in [-0.39, 0.29) is 47.4 Å². The van der Waals surface area contributed by atoms with E-state index in [2.05, 4.69) is 0 Å². The molecule has 2 aromatic rings. The number of likely N-dealkylation sites (tertiary alicyclic amines) is 1. The van der Waals surface area contributed by atoms with Crippen LogP contribution in [0.5, 0.6) is 0 Å². The highest BCUT2D eigenvalue weighted by Gasteiger charge is 2.31. The minimum absolute atomic E-state index is 0.0636. The number of esters is 1. The fraction of sp³-hybridized carbons (Fsp3) is 0.450. The molecule has 142 valence electrons. The summed E-state index contributed by atoms with van der Waals surface area (Å²) in [4.78, 5) is 26.9. The van der Waals surface area contributed by atoms with E-state index in [0.717, 1.165) is 19.3 Å². The zero-order valence-electron chi connectivity index (χ0n) is 15.8. The lowest BCUT2D eigenvalue weighted by Crippen LogP contribution is -2.49. The molecule has 27 heavy (non-hydrogen) atoms. The molecular formula is C20H23N3O4. The van der Waals surface area contributed by atoms with Crippen molar-refractivity contribution in [2.75, 3.05) is 6.61 Å². The molecule has 1 aliphatic heterocycles. The number of aromatic nitrogens is 1. The molecule has 0 spiro atoms. The lowest BCUT2D eigenvalue weighted by Gasteiger charge is -2.38. The second kappa shape index (κ2) is 7.70. The van der Waals surface area contributed by atoms with Gasteiger partial charge in [0.2, 0.25) is 5.88 Å². The number of amides is 1. The molecule has 0 unspecified atom stereocenters. The maximum Gasteiger partial charge on any atom is 0.343 e. The molecule has 2 aromatic heterocycles. The Morgan fingerprint density at radius 1 is 1.26 bits per heavy atom. The maximum absolute atomic E-state index is 12.6. The molecule has 1 amide bonds. The number of nitrogens with zero attached hydrogens (tertiary/aromatic N) is 3. The van der Waals surface area contributed by atoms with Crippen LogP contribution in [0.1, 0.15) is 54.8 Å². The van der Waals surface area contributed by atoms with Crippen molar-refractivity contribution in [2.45, 2.75) is 52.1 Å². The Hall–Kier alpha value is -3.01. The molecule has 7 heteroatoms. The molecule has 0 aromatic carbocycles. The molecule has 1 aliphatic rings. The highest BCUT2D eigenvalue weighted by atomic mass is 16.5. The van der Waals surface area contributed by atoms with Gasteiger partial charge < -0.3 is 14.1 Å². The lowest BCUT2D eigenvalue weighted by atomic mass is 9.97. The average Bonchev–Trinajstić information content (AvgIpc) is 3.26. The number of piperidine rings is 1. The number of nitriles is 1. The van der Waals surface area contributed by atoms with Gasteiger partial charge in [-0.1, -0.05) is 0 Å². The molecule has 3 heterocycles. The van der Waals surface area contributed by atoms with Gasteiger partial charge in [0.1, 0.15) is 23.0 Å². The first kappa shape index (κ1) is 18.8. The SMILES string of the molecule is Cc1oc(-n2cccc2)c(C#N)c1C(=O)OCC(=O)N1[C@H](C)CCC[C@@H]1C. The zero-order chi connectivity index (χ0) is 19.6. The smallest absolute Gasteiger partial charge is 0.343 e. The van der Waals surface area contributed by atoms with Crippen molar-refractivity contribution in [3.05, 3.63) is 41.4 Å². The van der Waals surface area contributed by atoms with Crippen LogP contribution in [-0.2, 0) is 9.53 Å². The summed E-state index contributed by atoms with van der Waals surface area (Å²) < 4.78 is 12.5. The summed E-state index contributed by atoms with van der Waals surface area (Å²) in [7, 11) is 0. The zero-order valence-corrected chi connectivity index (χ0v) is 15.8. The molecule has 0 bridgehead atoms. The molecule has 1 fully saturated rings. The Morgan fingerprint density at radius 3 is 2.48 bits per heavy atom. The molecule has 0 radical (unpaired) electrons. The maximum atomic E-state index is 12.6. The van der Waals surface area contributed by atoms with Gasteiger partial charge in [0, 0.05) is 24.5 Å². The highest BCUT2D eigenvalue weighted by molar-refractivity contribution is 5.95. The van der Waals surface area contributed by atoms with Crippen molar-refractivity contribution in [3.8, 4) is 12.0 Å². The summed E-state index contributed by atoms with van der Waals surface area (Å²) in [5, 5.41) is 9.50. The Bertz CT molecular complexity index is 866. The van der Waals surface area contributed by atoms with Gasteiger partial charge in [-0.2, -0.15) is 5.26 Å². The number of carbonyl (C=O) groups excluding carboxylic acids is 2. The van der Waals surface area contributed by atoms with Crippen molar-refractivity contribution < 1.29 is 18.7 Å². The molecule has 0 N–H and O–H groups in total. The van der Waals surface area contributed by atoms with Crippen molar-refractivity contribution in [1.29, 1.82) is 5.26 Å². The average molecular weight is 369 g/mol. The van der Waals surface area contributed by atoms with Crippen LogP contribution in [0.25, 0.3) is 5.88 Å². The van der Waals surface area contributed by atoms with Gasteiger partial charge in [-0.05, 0) is 52.2 Å². The first-order valence-electron chi connectivity index (χ1n) is 9.09. The standard InChI is InChI=1S/C20H23N3O4/c1-13-7-6-8-14(2)23(13)17(24)12-26-20(25)18-15(3)27-19(16(18)11-21)22-9-4-5-10-22/h4-5,9-10,13-14H,6-8,12H2,1-3H3/t13-,14+. The minimum atomic E-state index is -0.725. The lowest BCUT2D eigenvalue weighted by molar-refractivity contribution is -0.140. The molecule has 1 saturated heterocycles. The van der Waals surface area contributed by atoms with Crippen LogP contribution in [0.4, 0.5) is 0 Å². The van der Waals surface area contributed by atoms with Crippen molar-refractivity contribution in [1.82, 2.24) is 9.47 Å². The van der Waals surface area contributed by atoms with Gasteiger partial charge in [0.15, 0.2) is 6.61 Å². The second-order valence-electron chi connectivity index (χ2n) is 6.92. The number of aryl methyl sites for hydroxylation is 1. The van der Waals surface area contributed by atoms with E-state index in [4.69, 9.17) is 9.15 Å². The summed E-state index contributed by atoms with van der Waals surface area (Å²) >= 11 is 0. The number of hydrogen-bond donors (Lipinski definition) is 0. The van der Waals surface area contributed by atoms with Crippen molar-refractivity contribution in [2.24, 2.45) is 0 Å². The summed E-state index contributed by atoms with van der Waals surface area (Å²) in [5.74, 6) is -0.394. The van der Waals surface area contributed by atoms with Gasteiger partial charge in [-0.15, -0.1) is 0 Å². The summed E-state index contributed by atoms with van der Waals surface area (Å²) in [6.07, 6.45) is 6.43. The van der Waals surface area contributed by atoms with Gasteiger partial charge >= 0.3 is 5.97 Å². The normalized spacial score (nSPS) is 19.6. The quantitative estimate of drug-likeness (QED) is 0.772. The van der Waals surface area contributed by atoms with E-state index < -0.39 is 5.97 Å². The van der Waals surface area contributed by atoms with Crippen LogP contribution in [0.15, 0.2) is 28.9 Å². The van der Waals surface area contributed by atoms with Gasteiger partial charge in [0.05, 0.1) is 0 Å². The van der Waals surface area contributed by atoms with Gasteiger partial charge in [-0.3, -0.25) is 9.36 Å². The van der Waals surface area contributed by atoms with E-state index in [9.17, 15) is 14.9 Å². The van der Waals surface area contributed by atoms with Crippen LogP contribution in [0.2, 0.25) is 0 Å². The number of hydrogen-bond acceptors (Lipinski definition) is 5. The molecular weight excluding hydrogens is 346 g/mol. The summed E-state index contributed by atoms with van der Waals surface area (Å²) in [6, 6.07) is 5.85. The topological polar surface area (TPSA) is 88.5 Å². The third kappa shape index (κ3) is 3.61. The minimum Gasteiger partial charge on any atom is -0.452 e. The van der Waals surface area contributed by atoms with E-state index in [1.54, 1.807) is 40.9 Å². The van der Waals surface area contributed by atoms with Crippen LogP contribution in [-0.4, -0.2) is 40.0 Å². The van der Waals surface area contributed by atoms with Gasteiger partial charge in [-0.25, -0.2) is 4.79 Å². The third-order valence-electron chi connectivity index (χ3n) is 5.03. The van der Waals surface area contributed by atoms with Crippen LogP contribution < -0.4 is 0 Å². The first-order chi connectivity index (χ1) is 12.9. The fourth-order valence-corrected chi connectivity index (χ4v) is 3.72. The Kier molecular flexibility index (Phi) is 5.36. The summed E-state index contributed by atoms with van der Waals surface area (Å²) in [5.41, 5.74) is 0.162. The molecule has 3 rings (SSSR count). The van der Waals surface area contributed by atoms with Crippen LogP contribution in [0, 0.1) is 18.3 Å². The molecule has 0 saturated carbocycles. The number of carbonyl (C=O) groups is 2. The van der Waals surface area contributed by atoms with Crippen molar-refractivity contribution in [3.63, 3.8) is 0 Å². The van der Waals surface area contributed by atoms with Crippen LogP contribution in [0.3, 0.4) is 0 Å². The fourth-order valence-electron chi connectivity index (χ4n) is 3.72. The Morgan fingerprint density at radius 2 is 1.89 bits per heavy atom. The van der Waals surface area contributed by atoms with Crippen LogP contribution >= 0.6 is 0 Å². The summed E-state index contributed by atoms with van der Waals surface area (Å²) in [6.45, 7) is 5.27. The largest absolute Gasteiger partial charge is 0.452 e. The monoisotopic (exact) mass is 369 g/mol. The van der Waals surface area contributed by atoms with E-state index >= 15 is 0 Å². The van der Waals surface area contributed by atoms with Gasteiger partial charge in [0.25, 0.3) is 5.91 Å². The molecule has 0 aliphatic carbocycles. The predicted molar refractivity (Wildman–Crippen MR) is 97.4 cm³/mol.